The lowest BCUT2D eigenvalue weighted by Gasteiger charge is -2.42. The van der Waals surface area contributed by atoms with Crippen LogP contribution in [0.4, 0.5) is 0 Å². The molecule has 1 atom stereocenters. The van der Waals surface area contributed by atoms with E-state index in [9.17, 15) is 9.59 Å². The number of hydrogen-bond donors (Lipinski definition) is 2. The van der Waals surface area contributed by atoms with E-state index in [1.54, 1.807) is 11.8 Å². The van der Waals surface area contributed by atoms with Crippen molar-refractivity contribution in [2.24, 2.45) is 11.1 Å². The molecule has 0 aromatic carbocycles. The van der Waals surface area contributed by atoms with Crippen molar-refractivity contribution in [3.05, 3.63) is 0 Å². The Hall–Kier alpha value is -1.17. The first kappa shape index (κ1) is 14.2. The van der Waals surface area contributed by atoms with E-state index in [0.717, 1.165) is 19.3 Å². The molecule has 2 aliphatic rings. The van der Waals surface area contributed by atoms with Gasteiger partial charge in [0.2, 0.25) is 11.8 Å². The van der Waals surface area contributed by atoms with Gasteiger partial charge in [-0.2, -0.15) is 0 Å². The summed E-state index contributed by atoms with van der Waals surface area (Å²) in [4.78, 5) is 26.5. The van der Waals surface area contributed by atoms with Crippen LogP contribution in [0.2, 0.25) is 0 Å². The average molecular weight is 283 g/mol. The van der Waals surface area contributed by atoms with Crippen LogP contribution in [0.15, 0.2) is 0 Å². The summed E-state index contributed by atoms with van der Waals surface area (Å²) in [6.07, 6.45) is 4.49. The normalized spacial score (nSPS) is 26.7. The number of amides is 2. The molecule has 6 heteroatoms. The highest BCUT2D eigenvalue weighted by molar-refractivity contribution is 7.80. The first-order chi connectivity index (χ1) is 8.99. The Bertz CT molecular complexity index is 405. The summed E-state index contributed by atoms with van der Waals surface area (Å²) in [5.74, 6) is -0.157. The molecular weight excluding hydrogens is 262 g/mol. The maximum Gasteiger partial charge on any atom is 0.242 e. The fourth-order valence-corrected chi connectivity index (χ4v) is 3.35. The lowest BCUT2D eigenvalue weighted by Crippen LogP contribution is -2.61. The van der Waals surface area contributed by atoms with E-state index in [1.807, 2.05) is 0 Å². The van der Waals surface area contributed by atoms with Gasteiger partial charge in [-0.15, -0.1) is 0 Å². The van der Waals surface area contributed by atoms with E-state index in [1.165, 1.54) is 0 Å². The average Bonchev–Trinajstić information content (AvgIpc) is 2.41. The minimum atomic E-state index is -0.723. The van der Waals surface area contributed by atoms with Crippen molar-refractivity contribution in [2.45, 2.75) is 45.1 Å². The molecule has 1 unspecified atom stereocenters. The van der Waals surface area contributed by atoms with Crippen LogP contribution in [-0.4, -0.2) is 40.8 Å². The van der Waals surface area contributed by atoms with E-state index < -0.39 is 11.5 Å². The van der Waals surface area contributed by atoms with Crippen LogP contribution in [-0.2, 0) is 9.59 Å². The second kappa shape index (κ2) is 5.45. The first-order valence-corrected chi connectivity index (χ1v) is 7.28. The van der Waals surface area contributed by atoms with Crippen LogP contribution in [0, 0.1) is 5.41 Å². The quantitative estimate of drug-likeness (QED) is 0.727. The fourth-order valence-electron chi connectivity index (χ4n) is 3.06. The van der Waals surface area contributed by atoms with Crippen LogP contribution < -0.4 is 11.1 Å². The van der Waals surface area contributed by atoms with E-state index in [0.29, 0.717) is 25.9 Å². The monoisotopic (exact) mass is 283 g/mol. The van der Waals surface area contributed by atoms with Crippen molar-refractivity contribution in [2.75, 3.05) is 13.1 Å². The molecule has 2 fully saturated rings. The van der Waals surface area contributed by atoms with Crippen molar-refractivity contribution < 1.29 is 9.59 Å². The van der Waals surface area contributed by atoms with Crippen LogP contribution in [0.5, 0.6) is 0 Å². The topological polar surface area (TPSA) is 75.4 Å². The zero-order valence-electron chi connectivity index (χ0n) is 11.3. The molecule has 2 amide bonds. The van der Waals surface area contributed by atoms with Crippen molar-refractivity contribution in [3.63, 3.8) is 0 Å². The van der Waals surface area contributed by atoms with Crippen LogP contribution in [0.1, 0.15) is 39.0 Å². The van der Waals surface area contributed by atoms with Crippen molar-refractivity contribution in [3.8, 4) is 0 Å². The number of nitrogens with zero attached hydrogens (tertiary/aromatic N) is 1. The van der Waals surface area contributed by atoms with Crippen molar-refractivity contribution in [1.29, 1.82) is 0 Å². The molecule has 0 spiro atoms. The number of rotatable bonds is 2. The van der Waals surface area contributed by atoms with Gasteiger partial charge < -0.3 is 16.0 Å². The molecule has 0 aromatic rings. The van der Waals surface area contributed by atoms with Gasteiger partial charge in [0.15, 0.2) is 0 Å². The highest BCUT2D eigenvalue weighted by Gasteiger charge is 2.46. The zero-order valence-corrected chi connectivity index (χ0v) is 12.1. The zero-order chi connectivity index (χ0) is 14.0. The van der Waals surface area contributed by atoms with Gasteiger partial charge in [0.25, 0.3) is 0 Å². The highest BCUT2D eigenvalue weighted by atomic mass is 32.1. The third kappa shape index (κ3) is 2.45. The molecule has 2 rings (SSSR count). The number of nitrogens with two attached hydrogens (primary N) is 1. The van der Waals surface area contributed by atoms with Crippen molar-refractivity contribution in [1.82, 2.24) is 10.2 Å². The van der Waals surface area contributed by atoms with Gasteiger partial charge in [-0.25, -0.2) is 0 Å². The Morgan fingerprint density at radius 1 is 1.42 bits per heavy atom. The van der Waals surface area contributed by atoms with E-state index in [2.05, 4.69) is 5.32 Å². The molecule has 19 heavy (non-hydrogen) atoms. The molecule has 1 saturated heterocycles. The fraction of sp³-hybridized carbons (Fsp3) is 0.769. The molecule has 3 N–H and O–H groups in total. The number of carbonyl (C=O) groups excluding carboxylic acids is 2. The van der Waals surface area contributed by atoms with E-state index >= 15 is 0 Å². The van der Waals surface area contributed by atoms with Crippen LogP contribution in [0.25, 0.3) is 0 Å². The molecule has 1 heterocycles. The number of piperazine rings is 1. The summed E-state index contributed by atoms with van der Waals surface area (Å²) in [7, 11) is 0. The van der Waals surface area contributed by atoms with Gasteiger partial charge >= 0.3 is 0 Å². The Labute approximate surface area is 118 Å². The van der Waals surface area contributed by atoms with Gasteiger partial charge in [0.1, 0.15) is 6.04 Å². The minimum Gasteiger partial charge on any atom is -0.392 e. The smallest absolute Gasteiger partial charge is 0.242 e. The predicted octanol–water partition coefficient (Wildman–Crippen LogP) is 0.570. The lowest BCUT2D eigenvalue weighted by atomic mass is 9.72. The first-order valence-electron chi connectivity index (χ1n) is 6.88. The van der Waals surface area contributed by atoms with Gasteiger partial charge in [0, 0.05) is 13.1 Å². The van der Waals surface area contributed by atoms with Crippen LogP contribution in [0.3, 0.4) is 0 Å². The second-order valence-corrected chi connectivity index (χ2v) is 5.91. The predicted molar refractivity (Wildman–Crippen MR) is 76.5 cm³/mol. The maximum absolute atomic E-state index is 12.9. The third-order valence-electron chi connectivity index (χ3n) is 4.35. The van der Waals surface area contributed by atoms with Crippen molar-refractivity contribution >= 4 is 29.0 Å². The van der Waals surface area contributed by atoms with Gasteiger partial charge in [0.05, 0.1) is 10.4 Å². The lowest BCUT2D eigenvalue weighted by molar-refractivity contribution is -0.148. The van der Waals surface area contributed by atoms with E-state index in [-0.39, 0.29) is 16.8 Å². The molecule has 5 nitrogen and oxygen atoms in total. The molecule has 1 saturated carbocycles. The summed E-state index contributed by atoms with van der Waals surface area (Å²) < 4.78 is 0. The largest absolute Gasteiger partial charge is 0.392 e. The van der Waals surface area contributed by atoms with Gasteiger partial charge in [-0.3, -0.25) is 9.59 Å². The second-order valence-electron chi connectivity index (χ2n) is 5.47. The Balaban J connectivity index is 2.24. The summed E-state index contributed by atoms with van der Waals surface area (Å²) >= 11 is 5.17. The van der Waals surface area contributed by atoms with Crippen LogP contribution >= 0.6 is 12.2 Å². The molecule has 1 aliphatic heterocycles. The molecular formula is C13H21N3O2S. The highest BCUT2D eigenvalue weighted by Crippen LogP contribution is 2.39. The Morgan fingerprint density at radius 3 is 2.63 bits per heavy atom. The molecule has 106 valence electrons. The number of thiocarbonyl (C=S) groups is 1. The standard InChI is InChI=1S/C13H21N3O2S/c1-9-10(17)15-7-8-16(9)12(18)13(11(14)19)5-3-2-4-6-13/h9H,2-8H2,1H3,(H2,14,19)(H,15,17). The minimum absolute atomic E-state index is 0.0537. The summed E-state index contributed by atoms with van der Waals surface area (Å²) in [6, 6.07) is -0.436. The number of carbonyl (C=O) groups is 2. The molecule has 0 aromatic heterocycles. The SMILES string of the molecule is CC1C(=O)NCCN1C(=O)C1(C(N)=S)CCCCC1. The number of nitrogens with one attached hydrogen (secondary N) is 1. The summed E-state index contributed by atoms with van der Waals surface area (Å²) in [5, 5.41) is 2.76. The Kier molecular flexibility index (Phi) is 4.08. The van der Waals surface area contributed by atoms with Gasteiger partial charge in [-0.1, -0.05) is 31.5 Å². The molecule has 0 radical (unpaired) electrons. The summed E-state index contributed by atoms with van der Waals surface area (Å²) in [5.41, 5.74) is 5.15. The number of hydrogen-bond acceptors (Lipinski definition) is 3. The summed E-state index contributed by atoms with van der Waals surface area (Å²) in [6.45, 7) is 2.79. The Morgan fingerprint density at radius 2 is 2.05 bits per heavy atom. The third-order valence-corrected chi connectivity index (χ3v) is 4.74. The molecule has 1 aliphatic carbocycles. The van der Waals surface area contributed by atoms with Gasteiger partial charge in [-0.05, 0) is 19.8 Å². The molecule has 0 bridgehead atoms. The maximum atomic E-state index is 12.9. The van der Waals surface area contributed by atoms with E-state index in [4.69, 9.17) is 18.0 Å².